The lowest BCUT2D eigenvalue weighted by molar-refractivity contribution is 0.393. The lowest BCUT2D eigenvalue weighted by Crippen LogP contribution is -2.20. The number of hydrogen-bond donors (Lipinski definition) is 1. The van der Waals surface area contributed by atoms with E-state index in [0.29, 0.717) is 27.8 Å². The van der Waals surface area contributed by atoms with Crippen molar-refractivity contribution in [3.05, 3.63) is 33.9 Å². The number of anilines is 1. The van der Waals surface area contributed by atoms with Gasteiger partial charge in [0.25, 0.3) is 5.56 Å². The van der Waals surface area contributed by atoms with Crippen molar-refractivity contribution >= 4 is 36.4 Å². The number of benzene rings is 1. The second-order valence-corrected chi connectivity index (χ2v) is 8.77. The maximum atomic E-state index is 12.8. The van der Waals surface area contributed by atoms with Gasteiger partial charge in [-0.3, -0.25) is 14.1 Å². The minimum atomic E-state index is -3.57. The summed E-state index contributed by atoms with van der Waals surface area (Å²) < 4.78 is 37.4. The molecule has 0 bridgehead atoms. The molecule has 1 N–H and O–H groups in total. The average Bonchev–Trinajstić information content (AvgIpc) is 3.09. The standard InChI is InChI=1S/C14H14N2O5S3/c1-20-8-4-5-9(11(6-8)21-2)16-10-7-22-23-13(10)12(14(16)17)15-24(3,18)19/h4-7,15H,1-3H3. The van der Waals surface area contributed by atoms with Crippen molar-refractivity contribution < 1.29 is 17.9 Å². The Hall–Kier alpha value is -2.04. The molecular weight excluding hydrogens is 372 g/mol. The lowest BCUT2D eigenvalue weighted by atomic mass is 10.2. The highest BCUT2D eigenvalue weighted by Gasteiger charge is 2.27. The fraction of sp³-hybridized carbons (Fsp3) is 0.214. The summed E-state index contributed by atoms with van der Waals surface area (Å²) in [6.07, 6.45) is 1.01. The summed E-state index contributed by atoms with van der Waals surface area (Å²) in [6, 6.07) is 5.08. The first-order valence-electron chi connectivity index (χ1n) is 6.68. The lowest BCUT2D eigenvalue weighted by Gasteiger charge is -2.11. The molecule has 0 unspecified atom stereocenters. The zero-order chi connectivity index (χ0) is 17.5. The third kappa shape index (κ3) is 2.87. The fourth-order valence-corrected chi connectivity index (χ4v) is 5.17. The summed E-state index contributed by atoms with van der Waals surface area (Å²) in [5.41, 5.74) is 0.750. The van der Waals surface area contributed by atoms with E-state index in [1.807, 2.05) is 0 Å². The van der Waals surface area contributed by atoms with Gasteiger partial charge in [0, 0.05) is 11.4 Å². The minimum absolute atomic E-state index is 0.0524. The zero-order valence-corrected chi connectivity index (χ0v) is 15.5. The summed E-state index contributed by atoms with van der Waals surface area (Å²) in [7, 11) is 2.22. The Kier molecular flexibility index (Phi) is 4.28. The summed E-state index contributed by atoms with van der Waals surface area (Å²) >= 11 is 0. The molecule has 128 valence electrons. The van der Waals surface area contributed by atoms with Crippen LogP contribution in [0.2, 0.25) is 0 Å². The van der Waals surface area contributed by atoms with Crippen LogP contribution in [0.5, 0.6) is 11.5 Å². The first-order chi connectivity index (χ1) is 11.4. The first kappa shape index (κ1) is 16.8. The Morgan fingerprint density at radius 3 is 2.58 bits per heavy atom. The largest absolute Gasteiger partial charge is 0.497 e. The Bertz CT molecular complexity index is 1020. The predicted octanol–water partition coefficient (Wildman–Crippen LogP) is 2.45. The van der Waals surface area contributed by atoms with Crippen molar-refractivity contribution in [2.75, 3.05) is 25.2 Å². The number of nitrogens with one attached hydrogen (secondary N) is 1. The molecular formula is C14H14N2O5S3. The van der Waals surface area contributed by atoms with Crippen molar-refractivity contribution in [1.82, 2.24) is 4.57 Å². The average molecular weight is 386 g/mol. The molecule has 3 rings (SSSR count). The number of ether oxygens (including phenoxy) is 2. The molecule has 0 radical (unpaired) electrons. The van der Waals surface area contributed by atoms with Gasteiger partial charge in [0.15, 0.2) is 0 Å². The number of fused-ring (bicyclic) bond motifs is 1. The van der Waals surface area contributed by atoms with Crippen LogP contribution < -0.4 is 19.8 Å². The summed E-state index contributed by atoms with van der Waals surface area (Å²) in [5.74, 6) is 1.04. The Balaban J connectivity index is 2.26. The van der Waals surface area contributed by atoms with Crippen LogP contribution in [0.15, 0.2) is 28.4 Å². The van der Waals surface area contributed by atoms with E-state index in [4.69, 9.17) is 9.47 Å². The smallest absolute Gasteiger partial charge is 0.281 e. The molecule has 1 aromatic rings. The Morgan fingerprint density at radius 1 is 1.21 bits per heavy atom. The molecule has 2 aliphatic rings. The van der Waals surface area contributed by atoms with Crippen LogP contribution in [0.25, 0.3) is 16.3 Å². The number of rotatable bonds is 5. The third-order valence-corrected chi connectivity index (χ3v) is 5.97. The van der Waals surface area contributed by atoms with Gasteiger partial charge in [0.1, 0.15) is 17.2 Å². The second kappa shape index (κ2) is 6.11. The molecule has 7 nitrogen and oxygen atoms in total. The van der Waals surface area contributed by atoms with Crippen LogP contribution in [-0.4, -0.2) is 33.5 Å². The van der Waals surface area contributed by atoms with Gasteiger partial charge in [-0.05, 0) is 12.1 Å². The highest BCUT2D eigenvalue weighted by atomic mass is 32.9. The second-order valence-electron chi connectivity index (χ2n) is 4.94. The number of nitrogens with zero attached hydrogens (tertiary/aromatic N) is 1. The van der Waals surface area contributed by atoms with Crippen LogP contribution in [0.3, 0.4) is 0 Å². The van der Waals surface area contributed by atoms with Gasteiger partial charge in [-0.1, -0.05) is 20.7 Å². The van der Waals surface area contributed by atoms with Gasteiger partial charge < -0.3 is 9.47 Å². The van der Waals surface area contributed by atoms with E-state index in [2.05, 4.69) is 4.72 Å². The van der Waals surface area contributed by atoms with E-state index in [1.54, 1.807) is 23.6 Å². The van der Waals surface area contributed by atoms with Gasteiger partial charge in [-0.2, -0.15) is 0 Å². The number of methoxy groups -OCH3 is 2. The first-order valence-corrected chi connectivity index (χ1v) is 10.8. The van der Waals surface area contributed by atoms with Crippen molar-refractivity contribution in [2.24, 2.45) is 0 Å². The van der Waals surface area contributed by atoms with Crippen molar-refractivity contribution in [1.29, 1.82) is 0 Å². The number of aromatic nitrogens is 1. The molecule has 0 saturated carbocycles. The molecule has 10 heteroatoms. The molecule has 1 aromatic carbocycles. The normalized spacial score (nSPS) is 11.6. The topological polar surface area (TPSA) is 86.6 Å². The van der Waals surface area contributed by atoms with E-state index in [9.17, 15) is 13.2 Å². The summed E-state index contributed by atoms with van der Waals surface area (Å²) in [5, 5.41) is 1.80. The van der Waals surface area contributed by atoms with Crippen LogP contribution in [0.4, 0.5) is 5.69 Å². The quantitative estimate of drug-likeness (QED) is 0.681. The van der Waals surface area contributed by atoms with Crippen LogP contribution in [0, 0.1) is 0 Å². The van der Waals surface area contributed by atoms with E-state index >= 15 is 0 Å². The Morgan fingerprint density at radius 2 is 1.96 bits per heavy atom. The van der Waals surface area contributed by atoms with Crippen molar-refractivity contribution in [3.8, 4) is 27.8 Å². The molecule has 0 amide bonds. The molecule has 0 aliphatic carbocycles. The van der Waals surface area contributed by atoms with Gasteiger partial charge >= 0.3 is 0 Å². The summed E-state index contributed by atoms with van der Waals surface area (Å²) in [4.78, 5) is 13.4. The maximum Gasteiger partial charge on any atom is 0.281 e. The fourth-order valence-electron chi connectivity index (χ4n) is 2.34. The van der Waals surface area contributed by atoms with Gasteiger partial charge in [0.2, 0.25) is 10.0 Å². The Labute approximate surface area is 145 Å². The van der Waals surface area contributed by atoms with Gasteiger partial charge in [-0.15, -0.1) is 0 Å². The van der Waals surface area contributed by atoms with E-state index in [1.165, 1.54) is 39.5 Å². The number of sulfonamides is 1. The van der Waals surface area contributed by atoms with Gasteiger partial charge in [0.05, 0.1) is 36.7 Å². The molecule has 0 saturated heterocycles. The molecule has 2 heterocycles. The monoisotopic (exact) mass is 386 g/mol. The molecule has 0 aromatic heterocycles. The van der Waals surface area contributed by atoms with Crippen LogP contribution in [0.1, 0.15) is 0 Å². The van der Waals surface area contributed by atoms with Crippen LogP contribution in [-0.2, 0) is 10.0 Å². The van der Waals surface area contributed by atoms with E-state index in [0.717, 1.165) is 6.26 Å². The summed E-state index contributed by atoms with van der Waals surface area (Å²) in [6.45, 7) is 0. The maximum absolute atomic E-state index is 12.8. The highest BCUT2D eigenvalue weighted by Crippen LogP contribution is 2.41. The zero-order valence-electron chi connectivity index (χ0n) is 13.0. The minimum Gasteiger partial charge on any atom is -0.497 e. The predicted molar refractivity (Wildman–Crippen MR) is 96.0 cm³/mol. The number of hydrogen-bond acceptors (Lipinski definition) is 7. The van der Waals surface area contributed by atoms with Crippen molar-refractivity contribution in [2.45, 2.75) is 0 Å². The van der Waals surface area contributed by atoms with Gasteiger partial charge in [-0.25, -0.2) is 8.42 Å². The molecule has 2 aliphatic heterocycles. The molecule has 0 fully saturated rings. The van der Waals surface area contributed by atoms with E-state index < -0.39 is 15.6 Å². The van der Waals surface area contributed by atoms with Crippen molar-refractivity contribution in [3.63, 3.8) is 0 Å². The third-order valence-electron chi connectivity index (χ3n) is 3.32. The SMILES string of the molecule is COc1ccc(-n2c3cssc-3c(NS(C)(=O)=O)c2=O)c(OC)c1. The molecule has 0 atom stereocenters. The highest BCUT2D eigenvalue weighted by molar-refractivity contribution is 7.92. The molecule has 24 heavy (non-hydrogen) atoms. The van der Waals surface area contributed by atoms with Crippen LogP contribution >= 0.6 is 20.7 Å². The van der Waals surface area contributed by atoms with E-state index in [-0.39, 0.29) is 5.69 Å². The molecule has 0 spiro atoms.